The van der Waals surface area contributed by atoms with Gasteiger partial charge in [-0.15, -0.1) is 0 Å². The van der Waals surface area contributed by atoms with Crippen LogP contribution in [0.4, 0.5) is 10.8 Å². The number of nitrogens with two attached hydrogens (primary N) is 1. The summed E-state index contributed by atoms with van der Waals surface area (Å²) in [7, 11) is 0. The van der Waals surface area contributed by atoms with Crippen LogP contribution in [0.2, 0.25) is 0 Å². The molecule has 0 spiro atoms. The molecule has 1 aromatic heterocycles. The molecule has 0 atom stereocenters. The number of aromatic nitrogens is 3. The minimum absolute atomic E-state index is 0.248. The molecule has 0 radical (unpaired) electrons. The van der Waals surface area contributed by atoms with E-state index in [1.54, 1.807) is 18.2 Å². The summed E-state index contributed by atoms with van der Waals surface area (Å²) in [6, 6.07) is 5.08. The van der Waals surface area contributed by atoms with Crippen molar-refractivity contribution < 1.29 is 4.79 Å². The van der Waals surface area contributed by atoms with Crippen molar-refractivity contribution in [2.45, 2.75) is 6.92 Å². The predicted molar refractivity (Wildman–Crippen MR) is 61.2 cm³/mol. The van der Waals surface area contributed by atoms with Crippen molar-refractivity contribution >= 4 is 28.3 Å². The topological polar surface area (TPSA) is 93.8 Å². The zero-order chi connectivity index (χ0) is 11.5. The van der Waals surface area contributed by atoms with Gasteiger partial charge < -0.3 is 5.73 Å². The van der Waals surface area contributed by atoms with Gasteiger partial charge in [0, 0.05) is 22.8 Å². The second kappa shape index (κ2) is 4.23. The predicted octanol–water partition coefficient (Wildman–Crippen LogP) is 1.08. The Bertz CT molecular complexity index is 511. The molecule has 6 nitrogen and oxygen atoms in total. The maximum Gasteiger partial charge on any atom is 0.257 e. The fraction of sp³-hybridized carbons (Fsp3) is 0.111. The smallest absolute Gasteiger partial charge is 0.257 e. The van der Waals surface area contributed by atoms with E-state index < -0.39 is 0 Å². The molecular formula is C9H9N5OS. The molecule has 3 N–H and O–H groups in total. The Morgan fingerprint density at radius 2 is 2.31 bits per heavy atom. The average molecular weight is 235 g/mol. The Labute approximate surface area is 95.6 Å². The number of aryl methyl sites for hydroxylation is 1. The van der Waals surface area contributed by atoms with Crippen LogP contribution in [0.15, 0.2) is 18.2 Å². The van der Waals surface area contributed by atoms with Crippen LogP contribution in [0.25, 0.3) is 0 Å². The van der Waals surface area contributed by atoms with Crippen molar-refractivity contribution in [3.63, 3.8) is 0 Å². The summed E-state index contributed by atoms with van der Waals surface area (Å²) in [6.07, 6.45) is 0. The van der Waals surface area contributed by atoms with Gasteiger partial charge in [-0.1, -0.05) is 9.59 Å². The van der Waals surface area contributed by atoms with Crippen molar-refractivity contribution in [3.05, 3.63) is 29.3 Å². The summed E-state index contributed by atoms with van der Waals surface area (Å²) >= 11 is 1.02. The van der Waals surface area contributed by atoms with Gasteiger partial charge in [0.25, 0.3) is 5.91 Å². The maximum atomic E-state index is 11.7. The average Bonchev–Trinajstić information content (AvgIpc) is 2.74. The number of benzene rings is 1. The molecule has 1 heterocycles. The molecule has 82 valence electrons. The zero-order valence-corrected chi connectivity index (χ0v) is 9.28. The lowest BCUT2D eigenvalue weighted by atomic mass is 10.1. The Kier molecular flexibility index (Phi) is 2.78. The standard InChI is InChI=1S/C9H9N5OS/c1-5-4-6(2-3-7(5)10)8(15)11-9-12-13-14-16-9/h2-4H,10H2,1H3,(H,11,12,14,15). The second-order valence-corrected chi connectivity index (χ2v) is 3.93. The number of rotatable bonds is 2. The number of carbonyl (C=O) groups is 1. The van der Waals surface area contributed by atoms with E-state index in [1.807, 2.05) is 6.92 Å². The van der Waals surface area contributed by atoms with Crippen LogP contribution in [0.5, 0.6) is 0 Å². The van der Waals surface area contributed by atoms with Crippen molar-refractivity contribution in [3.8, 4) is 0 Å². The summed E-state index contributed by atoms with van der Waals surface area (Å²) in [5.41, 5.74) is 7.72. The van der Waals surface area contributed by atoms with E-state index in [9.17, 15) is 4.79 Å². The number of nitrogen functional groups attached to an aromatic ring is 1. The van der Waals surface area contributed by atoms with Crippen molar-refractivity contribution in [2.75, 3.05) is 11.1 Å². The zero-order valence-electron chi connectivity index (χ0n) is 8.47. The van der Waals surface area contributed by atoms with E-state index in [2.05, 4.69) is 20.1 Å². The van der Waals surface area contributed by atoms with Gasteiger partial charge in [-0.25, -0.2) is 0 Å². The highest BCUT2D eigenvalue weighted by atomic mass is 32.1. The molecule has 0 aliphatic carbocycles. The molecule has 0 aliphatic heterocycles. The van der Waals surface area contributed by atoms with Crippen LogP contribution < -0.4 is 11.1 Å². The molecule has 2 aromatic rings. The van der Waals surface area contributed by atoms with Crippen LogP contribution in [0.3, 0.4) is 0 Å². The molecule has 1 aromatic carbocycles. The first kappa shape index (κ1) is 10.5. The largest absolute Gasteiger partial charge is 0.399 e. The third-order valence-corrected chi connectivity index (χ3v) is 2.56. The van der Waals surface area contributed by atoms with Gasteiger partial charge in [0.1, 0.15) is 0 Å². The quantitative estimate of drug-likeness (QED) is 0.759. The highest BCUT2D eigenvalue weighted by Crippen LogP contribution is 2.14. The Morgan fingerprint density at radius 1 is 1.50 bits per heavy atom. The second-order valence-electron chi connectivity index (χ2n) is 3.19. The van der Waals surface area contributed by atoms with Gasteiger partial charge >= 0.3 is 0 Å². The van der Waals surface area contributed by atoms with E-state index in [1.165, 1.54) is 0 Å². The molecule has 0 fully saturated rings. The normalized spacial score (nSPS) is 10.1. The molecule has 16 heavy (non-hydrogen) atoms. The highest BCUT2D eigenvalue weighted by molar-refractivity contribution is 7.09. The monoisotopic (exact) mass is 235 g/mol. The van der Waals surface area contributed by atoms with Crippen LogP contribution in [0.1, 0.15) is 15.9 Å². The van der Waals surface area contributed by atoms with Crippen LogP contribution in [-0.2, 0) is 0 Å². The number of nitrogens with one attached hydrogen (secondary N) is 1. The summed E-state index contributed by atoms with van der Waals surface area (Å²) < 4.78 is 3.55. The number of amides is 1. The van der Waals surface area contributed by atoms with Crippen molar-refractivity contribution in [1.29, 1.82) is 0 Å². The first-order valence-corrected chi connectivity index (χ1v) is 5.26. The lowest BCUT2D eigenvalue weighted by molar-refractivity contribution is 0.102. The van der Waals surface area contributed by atoms with Crippen LogP contribution in [0, 0.1) is 6.92 Å². The van der Waals surface area contributed by atoms with Gasteiger partial charge in [-0.05, 0) is 35.9 Å². The number of nitrogens with zero attached hydrogens (tertiary/aromatic N) is 3. The molecule has 0 bridgehead atoms. The minimum Gasteiger partial charge on any atom is -0.399 e. The number of hydrogen-bond acceptors (Lipinski definition) is 6. The minimum atomic E-state index is -0.248. The van der Waals surface area contributed by atoms with Crippen molar-refractivity contribution in [2.24, 2.45) is 0 Å². The van der Waals surface area contributed by atoms with Gasteiger partial charge in [0.2, 0.25) is 5.13 Å². The van der Waals surface area contributed by atoms with Gasteiger partial charge in [0.15, 0.2) is 0 Å². The third-order valence-electron chi connectivity index (χ3n) is 2.05. The van der Waals surface area contributed by atoms with Crippen LogP contribution in [-0.4, -0.2) is 20.7 Å². The fourth-order valence-corrected chi connectivity index (χ4v) is 1.53. The Morgan fingerprint density at radius 3 is 2.94 bits per heavy atom. The van der Waals surface area contributed by atoms with Gasteiger partial charge in [-0.2, -0.15) is 0 Å². The Hall–Kier alpha value is -2.02. The summed E-state index contributed by atoms with van der Waals surface area (Å²) in [4.78, 5) is 11.7. The molecule has 0 saturated carbocycles. The number of hydrogen-bond donors (Lipinski definition) is 2. The Balaban J connectivity index is 2.18. The van der Waals surface area contributed by atoms with Crippen molar-refractivity contribution in [1.82, 2.24) is 14.8 Å². The number of carbonyl (C=O) groups excluding carboxylic acids is 1. The summed E-state index contributed by atoms with van der Waals surface area (Å²) in [5, 5.41) is 9.97. The molecule has 2 rings (SSSR count). The summed E-state index contributed by atoms with van der Waals surface area (Å²) in [5.74, 6) is -0.248. The van der Waals surface area contributed by atoms with E-state index in [-0.39, 0.29) is 5.91 Å². The van der Waals surface area contributed by atoms with E-state index in [0.29, 0.717) is 16.4 Å². The van der Waals surface area contributed by atoms with Gasteiger partial charge in [0.05, 0.1) is 0 Å². The van der Waals surface area contributed by atoms with E-state index >= 15 is 0 Å². The highest BCUT2D eigenvalue weighted by Gasteiger charge is 2.09. The molecule has 0 unspecified atom stereocenters. The first-order valence-electron chi connectivity index (χ1n) is 4.49. The molecular weight excluding hydrogens is 226 g/mol. The molecule has 0 saturated heterocycles. The van der Waals surface area contributed by atoms with Crippen LogP contribution >= 0.6 is 11.5 Å². The number of anilines is 2. The maximum absolute atomic E-state index is 11.7. The molecule has 0 aliphatic rings. The SMILES string of the molecule is Cc1cc(C(=O)Nc2nnns2)ccc1N. The fourth-order valence-electron chi connectivity index (χ4n) is 1.17. The molecule has 7 heteroatoms. The lowest BCUT2D eigenvalue weighted by Crippen LogP contribution is -2.12. The van der Waals surface area contributed by atoms with E-state index in [0.717, 1.165) is 17.1 Å². The third kappa shape index (κ3) is 2.14. The summed E-state index contributed by atoms with van der Waals surface area (Å²) in [6.45, 7) is 1.85. The first-order chi connectivity index (χ1) is 7.66. The van der Waals surface area contributed by atoms with E-state index in [4.69, 9.17) is 5.73 Å². The molecule has 1 amide bonds. The van der Waals surface area contributed by atoms with Gasteiger partial charge in [-0.3, -0.25) is 10.1 Å². The lowest BCUT2D eigenvalue weighted by Gasteiger charge is -2.04.